The molecule has 16 heavy (non-hydrogen) atoms. The summed E-state index contributed by atoms with van der Waals surface area (Å²) in [4.78, 5) is 5.31. The summed E-state index contributed by atoms with van der Waals surface area (Å²) in [7, 11) is 0. The van der Waals surface area contributed by atoms with E-state index in [1.165, 1.54) is 5.57 Å². The van der Waals surface area contributed by atoms with Crippen LogP contribution in [0.2, 0.25) is 0 Å². The predicted molar refractivity (Wildman–Crippen MR) is 60.4 cm³/mol. The molecular weight excluding hydrogens is 204 g/mol. The molecule has 3 rings (SSSR count). The molecule has 3 heterocycles. The molecule has 4 nitrogen and oxygen atoms in total. The van der Waals surface area contributed by atoms with Gasteiger partial charge in [-0.2, -0.15) is 0 Å². The van der Waals surface area contributed by atoms with Crippen molar-refractivity contribution in [1.82, 2.24) is 9.88 Å². The van der Waals surface area contributed by atoms with E-state index in [9.17, 15) is 5.11 Å². The summed E-state index contributed by atoms with van der Waals surface area (Å²) in [6.07, 6.45) is 4.68. The second-order valence-electron chi connectivity index (χ2n) is 4.40. The van der Waals surface area contributed by atoms with Crippen LogP contribution in [0.5, 0.6) is 5.88 Å². The van der Waals surface area contributed by atoms with Crippen molar-refractivity contribution in [2.45, 2.75) is 18.6 Å². The van der Waals surface area contributed by atoms with Crippen molar-refractivity contribution in [3.8, 4) is 5.88 Å². The van der Waals surface area contributed by atoms with E-state index in [0.29, 0.717) is 6.61 Å². The summed E-state index contributed by atoms with van der Waals surface area (Å²) < 4.78 is 5.62. The Morgan fingerprint density at radius 1 is 1.56 bits per heavy atom. The van der Waals surface area contributed by atoms with Crippen LogP contribution >= 0.6 is 0 Å². The molecule has 0 aliphatic carbocycles. The highest BCUT2D eigenvalue weighted by atomic mass is 16.5. The average Bonchev–Trinajstić information content (AvgIpc) is 2.96. The van der Waals surface area contributed by atoms with E-state index in [0.717, 1.165) is 25.4 Å². The van der Waals surface area contributed by atoms with Gasteiger partial charge in [-0.05, 0) is 24.1 Å². The molecule has 2 aliphatic rings. The number of aliphatic hydroxyl groups is 1. The fraction of sp³-hybridized carbons (Fsp3) is 0.500. The first-order chi connectivity index (χ1) is 7.84. The summed E-state index contributed by atoms with van der Waals surface area (Å²) in [5.74, 6) is 0.784. The summed E-state index contributed by atoms with van der Waals surface area (Å²) >= 11 is 0. The molecule has 0 saturated carbocycles. The number of aromatic amines is 1. The Labute approximate surface area is 94.5 Å². The van der Waals surface area contributed by atoms with Crippen LogP contribution in [-0.4, -0.2) is 46.8 Å². The third-order valence-electron chi connectivity index (χ3n) is 3.40. The lowest BCUT2D eigenvalue weighted by atomic mass is 10.1. The van der Waals surface area contributed by atoms with E-state index in [-0.39, 0.29) is 12.1 Å². The van der Waals surface area contributed by atoms with Crippen LogP contribution in [0, 0.1) is 0 Å². The molecule has 0 bridgehead atoms. The topological polar surface area (TPSA) is 48.5 Å². The molecule has 1 aromatic rings. The van der Waals surface area contributed by atoms with Gasteiger partial charge in [-0.1, -0.05) is 6.08 Å². The van der Waals surface area contributed by atoms with E-state index in [1.807, 2.05) is 18.3 Å². The van der Waals surface area contributed by atoms with Gasteiger partial charge in [-0.15, -0.1) is 0 Å². The highest BCUT2D eigenvalue weighted by Gasteiger charge is 2.38. The van der Waals surface area contributed by atoms with Gasteiger partial charge in [-0.25, -0.2) is 0 Å². The van der Waals surface area contributed by atoms with Gasteiger partial charge in [0.25, 0.3) is 0 Å². The molecule has 2 aliphatic heterocycles. The molecule has 0 amide bonds. The number of H-pyrrole nitrogens is 1. The maximum absolute atomic E-state index is 9.88. The Hall–Kier alpha value is -1.26. The minimum Gasteiger partial charge on any atom is -0.474 e. The fourth-order valence-electron chi connectivity index (χ4n) is 2.59. The Balaban J connectivity index is 1.63. The van der Waals surface area contributed by atoms with Crippen LogP contribution in [0.25, 0.3) is 0 Å². The van der Waals surface area contributed by atoms with Gasteiger partial charge in [0.05, 0.1) is 12.1 Å². The molecule has 2 N–H and O–H groups in total. The quantitative estimate of drug-likeness (QED) is 0.740. The van der Waals surface area contributed by atoms with Gasteiger partial charge >= 0.3 is 0 Å². The molecule has 1 saturated heterocycles. The first-order valence-corrected chi connectivity index (χ1v) is 5.72. The monoisotopic (exact) mass is 220 g/mol. The highest BCUT2D eigenvalue weighted by Crippen LogP contribution is 2.29. The molecule has 0 radical (unpaired) electrons. The normalized spacial score (nSPS) is 29.2. The molecule has 1 aromatic heterocycles. The smallest absolute Gasteiger partial charge is 0.191 e. The van der Waals surface area contributed by atoms with Crippen molar-refractivity contribution in [1.29, 1.82) is 0 Å². The summed E-state index contributed by atoms with van der Waals surface area (Å²) in [5.41, 5.74) is 1.21. The molecule has 1 fully saturated rings. The predicted octanol–water partition coefficient (Wildman–Crippen LogP) is 0.769. The maximum atomic E-state index is 9.88. The zero-order valence-corrected chi connectivity index (χ0v) is 9.10. The van der Waals surface area contributed by atoms with Crippen molar-refractivity contribution in [3.05, 3.63) is 30.0 Å². The molecule has 0 aromatic carbocycles. The first kappa shape index (κ1) is 9.93. The highest BCUT2D eigenvalue weighted by molar-refractivity contribution is 5.24. The number of fused-ring (bicyclic) bond motifs is 1. The molecule has 2 unspecified atom stereocenters. The van der Waals surface area contributed by atoms with Crippen LogP contribution < -0.4 is 4.74 Å². The summed E-state index contributed by atoms with van der Waals surface area (Å²) in [6, 6.07) is 4.00. The number of hydrogen-bond donors (Lipinski definition) is 2. The Bertz CT molecular complexity index is 386. The van der Waals surface area contributed by atoms with Gasteiger partial charge in [-0.3, -0.25) is 4.90 Å². The lowest BCUT2D eigenvalue weighted by Crippen LogP contribution is -2.33. The Kier molecular flexibility index (Phi) is 2.46. The molecule has 4 heteroatoms. The number of ether oxygens (including phenoxy) is 1. The van der Waals surface area contributed by atoms with E-state index in [4.69, 9.17) is 4.74 Å². The SMILES string of the molecule is OC1CCN2CC=C(COc3ccc[nH]3)C12. The van der Waals surface area contributed by atoms with Crippen LogP contribution in [-0.2, 0) is 0 Å². The summed E-state index contributed by atoms with van der Waals surface area (Å²) in [6.45, 7) is 2.51. The zero-order valence-electron chi connectivity index (χ0n) is 9.10. The number of aliphatic hydroxyl groups excluding tert-OH is 1. The van der Waals surface area contributed by atoms with Gasteiger partial charge in [0.1, 0.15) is 6.61 Å². The molecular formula is C12H16N2O2. The van der Waals surface area contributed by atoms with Gasteiger partial charge in [0.15, 0.2) is 5.88 Å². The average molecular weight is 220 g/mol. The first-order valence-electron chi connectivity index (χ1n) is 5.72. The van der Waals surface area contributed by atoms with Crippen molar-refractivity contribution in [3.63, 3.8) is 0 Å². The number of nitrogens with zero attached hydrogens (tertiary/aromatic N) is 1. The maximum Gasteiger partial charge on any atom is 0.191 e. The van der Waals surface area contributed by atoms with Crippen molar-refractivity contribution in [2.24, 2.45) is 0 Å². The van der Waals surface area contributed by atoms with E-state index < -0.39 is 0 Å². The minimum atomic E-state index is -0.221. The lowest BCUT2D eigenvalue weighted by molar-refractivity contribution is 0.141. The zero-order chi connectivity index (χ0) is 11.0. The molecule has 2 atom stereocenters. The number of rotatable bonds is 3. The standard InChI is InChI=1S/C12H16N2O2/c15-10-4-7-14-6-3-9(12(10)14)8-16-11-2-1-5-13-11/h1-3,5,10,12-13,15H,4,6-8H2. The molecule has 86 valence electrons. The number of nitrogens with one attached hydrogen (secondary N) is 1. The van der Waals surface area contributed by atoms with Crippen molar-refractivity contribution in [2.75, 3.05) is 19.7 Å². The van der Waals surface area contributed by atoms with Crippen molar-refractivity contribution < 1.29 is 9.84 Å². The van der Waals surface area contributed by atoms with Crippen LogP contribution in [0.1, 0.15) is 6.42 Å². The van der Waals surface area contributed by atoms with Gasteiger partial charge in [0, 0.05) is 19.3 Å². The van der Waals surface area contributed by atoms with Crippen LogP contribution in [0.15, 0.2) is 30.0 Å². The van der Waals surface area contributed by atoms with E-state index in [2.05, 4.69) is 16.0 Å². The minimum absolute atomic E-state index is 0.190. The Morgan fingerprint density at radius 3 is 3.31 bits per heavy atom. The molecule has 0 spiro atoms. The third kappa shape index (κ3) is 1.64. The van der Waals surface area contributed by atoms with Crippen LogP contribution in [0.3, 0.4) is 0 Å². The van der Waals surface area contributed by atoms with Crippen molar-refractivity contribution >= 4 is 0 Å². The van der Waals surface area contributed by atoms with Gasteiger partial charge < -0.3 is 14.8 Å². The second-order valence-corrected chi connectivity index (χ2v) is 4.40. The van der Waals surface area contributed by atoms with Gasteiger partial charge in [0.2, 0.25) is 0 Å². The fourth-order valence-corrected chi connectivity index (χ4v) is 2.59. The number of aromatic nitrogens is 1. The van der Waals surface area contributed by atoms with Crippen LogP contribution in [0.4, 0.5) is 0 Å². The largest absolute Gasteiger partial charge is 0.474 e. The lowest BCUT2D eigenvalue weighted by Gasteiger charge is -2.20. The third-order valence-corrected chi connectivity index (χ3v) is 3.40. The summed E-state index contributed by atoms with van der Waals surface area (Å²) in [5, 5.41) is 9.88. The van der Waals surface area contributed by atoms with E-state index >= 15 is 0 Å². The Morgan fingerprint density at radius 2 is 2.50 bits per heavy atom. The van der Waals surface area contributed by atoms with E-state index in [1.54, 1.807) is 0 Å². The number of hydrogen-bond acceptors (Lipinski definition) is 3. The second kappa shape index (κ2) is 3.96.